The Morgan fingerprint density at radius 3 is 2.60 bits per heavy atom. The molecule has 3 rings (SSSR count). The second-order valence-corrected chi connectivity index (χ2v) is 6.15. The first kappa shape index (κ1) is 18.0. The fourth-order valence-corrected chi connectivity index (χ4v) is 3.19. The van der Waals surface area contributed by atoms with E-state index >= 15 is 0 Å². The third kappa shape index (κ3) is 5.10. The van der Waals surface area contributed by atoms with E-state index in [0.29, 0.717) is 19.1 Å². The minimum absolute atomic E-state index is 0.0416. The quantitative estimate of drug-likeness (QED) is 0.848. The van der Waals surface area contributed by atoms with Crippen LogP contribution in [0.2, 0.25) is 0 Å². The largest absolute Gasteiger partial charge is 0.433 e. The van der Waals surface area contributed by atoms with Crippen LogP contribution in [-0.2, 0) is 14.3 Å². The van der Waals surface area contributed by atoms with Crippen molar-refractivity contribution in [1.82, 2.24) is 4.90 Å². The summed E-state index contributed by atoms with van der Waals surface area (Å²) in [4.78, 5) is 14.3. The predicted octanol–water partition coefficient (Wildman–Crippen LogP) is 2.31. The molecule has 2 heterocycles. The molecule has 1 aromatic rings. The molecule has 8 heteroatoms. The van der Waals surface area contributed by atoms with Crippen LogP contribution >= 0.6 is 0 Å². The summed E-state index contributed by atoms with van der Waals surface area (Å²) in [6.07, 6.45) is 1.70. The van der Waals surface area contributed by atoms with Crippen molar-refractivity contribution in [3.05, 3.63) is 24.3 Å². The summed E-state index contributed by atoms with van der Waals surface area (Å²) in [5.41, 5.74) is 0.246. The van der Waals surface area contributed by atoms with Gasteiger partial charge in [-0.05, 0) is 38.1 Å². The highest BCUT2D eigenvalue weighted by Gasteiger charge is 2.30. The number of amides is 1. The van der Waals surface area contributed by atoms with Gasteiger partial charge < -0.3 is 19.5 Å². The van der Waals surface area contributed by atoms with Gasteiger partial charge >= 0.3 is 6.61 Å². The topological polar surface area (TPSA) is 60.0 Å². The molecule has 0 atom stereocenters. The molecule has 2 aliphatic heterocycles. The lowest BCUT2D eigenvalue weighted by atomic mass is 9.96. The third-order valence-electron chi connectivity index (χ3n) is 4.41. The number of piperidine rings is 1. The monoisotopic (exact) mass is 356 g/mol. The molecule has 25 heavy (non-hydrogen) atoms. The van der Waals surface area contributed by atoms with Gasteiger partial charge in [-0.1, -0.05) is 12.1 Å². The number of carbonyl (C=O) groups is 1. The molecule has 0 saturated carbocycles. The first-order valence-electron chi connectivity index (χ1n) is 8.41. The number of nitrogens with zero attached hydrogens (tertiary/aromatic N) is 1. The normalized spacial score (nSPS) is 20.1. The Bertz CT molecular complexity index is 574. The van der Waals surface area contributed by atoms with Crippen molar-refractivity contribution in [2.45, 2.75) is 25.7 Å². The summed E-state index contributed by atoms with van der Waals surface area (Å²) in [5.74, 6) is 0.0687. The molecule has 6 nitrogen and oxygen atoms in total. The molecule has 1 aromatic carbocycles. The van der Waals surface area contributed by atoms with Gasteiger partial charge in [-0.2, -0.15) is 8.78 Å². The van der Waals surface area contributed by atoms with Gasteiger partial charge in [0.15, 0.2) is 6.29 Å². The summed E-state index contributed by atoms with van der Waals surface area (Å²) in [6.45, 7) is 0.118. The smallest absolute Gasteiger partial charge is 0.387 e. The van der Waals surface area contributed by atoms with Gasteiger partial charge in [0.25, 0.3) is 0 Å². The number of hydrogen-bond donors (Lipinski definition) is 1. The number of alkyl halides is 2. The first-order chi connectivity index (χ1) is 12.1. The zero-order chi connectivity index (χ0) is 17.6. The van der Waals surface area contributed by atoms with Gasteiger partial charge in [0, 0.05) is 5.92 Å². The lowest BCUT2D eigenvalue weighted by molar-refractivity contribution is -0.119. The molecule has 138 valence electrons. The molecule has 0 radical (unpaired) electrons. The van der Waals surface area contributed by atoms with E-state index in [2.05, 4.69) is 10.1 Å². The van der Waals surface area contributed by atoms with E-state index in [-0.39, 0.29) is 30.2 Å². The maximum Gasteiger partial charge on any atom is 0.387 e. The zero-order valence-electron chi connectivity index (χ0n) is 13.8. The van der Waals surface area contributed by atoms with Gasteiger partial charge in [-0.3, -0.25) is 9.69 Å². The number of nitrogens with one attached hydrogen (secondary N) is 1. The summed E-state index contributed by atoms with van der Waals surface area (Å²) in [5, 5.41) is 2.64. The van der Waals surface area contributed by atoms with Crippen LogP contribution in [0.1, 0.15) is 12.8 Å². The van der Waals surface area contributed by atoms with E-state index in [4.69, 9.17) is 9.47 Å². The highest BCUT2D eigenvalue weighted by atomic mass is 19.3. The van der Waals surface area contributed by atoms with E-state index in [1.54, 1.807) is 12.1 Å². The number of anilines is 1. The van der Waals surface area contributed by atoms with Crippen LogP contribution in [0, 0.1) is 5.92 Å². The first-order valence-corrected chi connectivity index (χ1v) is 8.41. The standard InChI is InChI=1S/C17H22F2N2O4/c18-17(19)25-14-4-2-1-3-13(14)20-15(22)11-21-7-5-12(6-8-21)16-23-9-10-24-16/h1-4,12,16-17H,5-11H2,(H,20,22). The average molecular weight is 356 g/mol. The summed E-state index contributed by atoms with van der Waals surface area (Å²) in [6, 6.07) is 6.16. The molecule has 2 fully saturated rings. The minimum Gasteiger partial charge on any atom is -0.433 e. The van der Waals surface area contributed by atoms with Gasteiger partial charge in [0.2, 0.25) is 5.91 Å². The molecule has 2 saturated heterocycles. The second-order valence-electron chi connectivity index (χ2n) is 6.15. The number of hydrogen-bond acceptors (Lipinski definition) is 5. The summed E-state index contributed by atoms with van der Waals surface area (Å²) < 4.78 is 40.3. The molecular formula is C17H22F2N2O4. The van der Waals surface area contributed by atoms with Crippen molar-refractivity contribution in [1.29, 1.82) is 0 Å². The van der Waals surface area contributed by atoms with Crippen molar-refractivity contribution >= 4 is 11.6 Å². The van der Waals surface area contributed by atoms with E-state index in [0.717, 1.165) is 25.9 Å². The fourth-order valence-electron chi connectivity index (χ4n) is 3.19. The zero-order valence-corrected chi connectivity index (χ0v) is 13.8. The molecule has 1 N–H and O–H groups in total. The molecular weight excluding hydrogens is 334 g/mol. The maximum atomic E-state index is 12.4. The molecule has 2 aliphatic rings. The molecule has 0 bridgehead atoms. The molecule has 0 aromatic heterocycles. The van der Waals surface area contributed by atoms with E-state index < -0.39 is 6.61 Å². The van der Waals surface area contributed by atoms with Crippen molar-refractivity contribution in [3.8, 4) is 5.75 Å². The van der Waals surface area contributed by atoms with Crippen LogP contribution in [-0.4, -0.2) is 56.6 Å². The average Bonchev–Trinajstić information content (AvgIpc) is 3.11. The number of likely N-dealkylation sites (tertiary alicyclic amines) is 1. The Hall–Kier alpha value is -1.77. The fraction of sp³-hybridized carbons (Fsp3) is 0.588. The Morgan fingerprint density at radius 2 is 1.92 bits per heavy atom. The second kappa shape index (κ2) is 8.55. The van der Waals surface area contributed by atoms with Crippen LogP contribution in [0.25, 0.3) is 0 Å². The Labute approximate surface area is 145 Å². The summed E-state index contributed by atoms with van der Waals surface area (Å²) >= 11 is 0. The third-order valence-corrected chi connectivity index (χ3v) is 4.41. The van der Waals surface area contributed by atoms with Crippen LogP contribution in [0.4, 0.5) is 14.5 Å². The lowest BCUT2D eigenvalue weighted by Gasteiger charge is -2.33. The van der Waals surface area contributed by atoms with Crippen LogP contribution < -0.4 is 10.1 Å². The number of rotatable bonds is 6. The van der Waals surface area contributed by atoms with Gasteiger partial charge in [-0.15, -0.1) is 0 Å². The lowest BCUT2D eigenvalue weighted by Crippen LogP contribution is -2.41. The molecule has 1 amide bonds. The van der Waals surface area contributed by atoms with Crippen molar-refractivity contribution in [3.63, 3.8) is 0 Å². The molecule has 0 aliphatic carbocycles. The number of carbonyl (C=O) groups excluding carboxylic acids is 1. The highest BCUT2D eigenvalue weighted by Crippen LogP contribution is 2.27. The predicted molar refractivity (Wildman–Crippen MR) is 86.6 cm³/mol. The van der Waals surface area contributed by atoms with Crippen molar-refractivity contribution < 1.29 is 27.8 Å². The molecule has 0 spiro atoms. The van der Waals surface area contributed by atoms with Gasteiger partial charge in [-0.25, -0.2) is 0 Å². The van der Waals surface area contributed by atoms with Crippen molar-refractivity contribution in [2.24, 2.45) is 5.92 Å². The summed E-state index contributed by atoms with van der Waals surface area (Å²) in [7, 11) is 0. The van der Waals surface area contributed by atoms with Crippen LogP contribution in [0.5, 0.6) is 5.75 Å². The Morgan fingerprint density at radius 1 is 1.24 bits per heavy atom. The number of halogens is 2. The number of para-hydroxylation sites is 2. The number of benzene rings is 1. The van der Waals surface area contributed by atoms with Crippen LogP contribution in [0.3, 0.4) is 0 Å². The maximum absolute atomic E-state index is 12.4. The number of ether oxygens (including phenoxy) is 3. The highest BCUT2D eigenvalue weighted by molar-refractivity contribution is 5.93. The SMILES string of the molecule is O=C(CN1CCC(C2OCCO2)CC1)Nc1ccccc1OC(F)F. The Kier molecular flexibility index (Phi) is 6.17. The minimum atomic E-state index is -2.93. The van der Waals surface area contributed by atoms with Crippen molar-refractivity contribution in [2.75, 3.05) is 38.2 Å². The Balaban J connectivity index is 1.47. The van der Waals surface area contributed by atoms with Gasteiger partial charge in [0.1, 0.15) is 5.75 Å². The van der Waals surface area contributed by atoms with Crippen LogP contribution in [0.15, 0.2) is 24.3 Å². The van der Waals surface area contributed by atoms with E-state index in [1.165, 1.54) is 12.1 Å². The van der Waals surface area contributed by atoms with E-state index in [1.807, 2.05) is 4.90 Å². The molecule has 0 unspecified atom stereocenters. The van der Waals surface area contributed by atoms with E-state index in [9.17, 15) is 13.6 Å². The van der Waals surface area contributed by atoms with Gasteiger partial charge in [0.05, 0.1) is 25.4 Å².